The Kier molecular flexibility index (Phi) is 5.44. The molecule has 8 nitrogen and oxygen atoms in total. The molecule has 0 spiro atoms. The van der Waals surface area contributed by atoms with Crippen LogP contribution in [0.2, 0.25) is 0 Å². The van der Waals surface area contributed by atoms with Crippen molar-refractivity contribution in [2.45, 2.75) is 18.9 Å². The lowest BCUT2D eigenvalue weighted by Gasteiger charge is -2.27. The molecule has 4 heterocycles. The molecule has 6 rings (SSSR count). The number of furan rings is 1. The summed E-state index contributed by atoms with van der Waals surface area (Å²) in [6.45, 7) is 1.41. The molecule has 0 bridgehead atoms. The Morgan fingerprint density at radius 1 is 1.14 bits per heavy atom. The molecule has 0 unspecified atom stereocenters. The number of rotatable bonds is 7. The van der Waals surface area contributed by atoms with Crippen molar-refractivity contribution in [3.05, 3.63) is 54.5 Å². The van der Waals surface area contributed by atoms with Gasteiger partial charge in [0.2, 0.25) is 4.96 Å². The zero-order chi connectivity index (χ0) is 23.9. The summed E-state index contributed by atoms with van der Waals surface area (Å²) in [5.74, 6) is 1.71. The van der Waals surface area contributed by atoms with Gasteiger partial charge in [-0.1, -0.05) is 0 Å². The van der Waals surface area contributed by atoms with Gasteiger partial charge in [-0.25, -0.2) is 13.9 Å². The Balaban J connectivity index is 1.28. The second-order valence-corrected chi connectivity index (χ2v) is 9.27. The Hall–Kier alpha value is -3.79. The molecule has 0 radical (unpaired) electrons. The first-order chi connectivity index (χ1) is 17.1. The SMILES string of the molecule is COc1cc(OC[C@@H]2CCCN2c2ccc(F)cc2)c2cc(-c3cn4nc(OC)sc4n3)oc2c1. The van der Waals surface area contributed by atoms with Gasteiger partial charge < -0.3 is 23.5 Å². The summed E-state index contributed by atoms with van der Waals surface area (Å²) in [4.78, 5) is 7.61. The van der Waals surface area contributed by atoms with Crippen molar-refractivity contribution in [3.8, 4) is 28.1 Å². The molecule has 2 aromatic carbocycles. The van der Waals surface area contributed by atoms with Crippen molar-refractivity contribution in [1.82, 2.24) is 14.6 Å². The largest absolute Gasteiger partial charge is 0.496 e. The van der Waals surface area contributed by atoms with Crippen LogP contribution in [0.15, 0.2) is 53.1 Å². The van der Waals surface area contributed by atoms with Crippen molar-refractivity contribution < 1.29 is 23.0 Å². The van der Waals surface area contributed by atoms with E-state index in [0.717, 1.165) is 30.5 Å². The van der Waals surface area contributed by atoms with E-state index in [1.54, 1.807) is 18.7 Å². The molecule has 1 aliphatic rings. The van der Waals surface area contributed by atoms with Crippen LogP contribution in [-0.4, -0.2) is 48.0 Å². The molecule has 10 heteroatoms. The summed E-state index contributed by atoms with van der Waals surface area (Å²) in [7, 11) is 3.20. The van der Waals surface area contributed by atoms with E-state index in [9.17, 15) is 4.39 Å². The Bertz CT molecular complexity index is 1460. The van der Waals surface area contributed by atoms with Crippen molar-refractivity contribution in [2.75, 3.05) is 32.3 Å². The molecular formula is C25H23FN4O4S. The number of ether oxygens (including phenoxy) is 3. The maximum Gasteiger partial charge on any atom is 0.294 e. The van der Waals surface area contributed by atoms with Crippen molar-refractivity contribution >= 4 is 33.0 Å². The minimum Gasteiger partial charge on any atom is -0.496 e. The van der Waals surface area contributed by atoms with Crippen LogP contribution in [0.5, 0.6) is 16.7 Å². The zero-order valence-corrected chi connectivity index (χ0v) is 20.0. The van der Waals surface area contributed by atoms with E-state index in [1.165, 1.54) is 23.5 Å². The van der Waals surface area contributed by atoms with Gasteiger partial charge in [-0.15, -0.1) is 5.10 Å². The van der Waals surface area contributed by atoms with Gasteiger partial charge in [-0.05, 0) is 54.5 Å². The van der Waals surface area contributed by atoms with E-state index in [2.05, 4.69) is 15.0 Å². The second-order valence-electron chi connectivity index (χ2n) is 8.35. The minimum absolute atomic E-state index is 0.189. The average Bonchev–Trinajstić information content (AvgIpc) is 3.64. The summed E-state index contributed by atoms with van der Waals surface area (Å²) in [6, 6.07) is 12.5. The number of halogens is 1. The van der Waals surface area contributed by atoms with E-state index in [1.807, 2.05) is 36.5 Å². The third-order valence-electron chi connectivity index (χ3n) is 6.23. The molecule has 3 aromatic heterocycles. The predicted octanol–water partition coefficient (Wildman–Crippen LogP) is 5.41. The van der Waals surface area contributed by atoms with Crippen LogP contribution in [0.4, 0.5) is 10.1 Å². The van der Waals surface area contributed by atoms with E-state index < -0.39 is 0 Å². The average molecular weight is 495 g/mol. The van der Waals surface area contributed by atoms with Crippen LogP contribution >= 0.6 is 11.3 Å². The smallest absolute Gasteiger partial charge is 0.294 e. The molecule has 1 aliphatic heterocycles. The highest BCUT2D eigenvalue weighted by atomic mass is 32.1. The molecular weight excluding hydrogens is 471 g/mol. The molecule has 0 N–H and O–H groups in total. The van der Waals surface area contributed by atoms with E-state index in [0.29, 0.717) is 45.3 Å². The number of benzene rings is 2. The van der Waals surface area contributed by atoms with Gasteiger partial charge in [-0.3, -0.25) is 0 Å². The zero-order valence-electron chi connectivity index (χ0n) is 19.2. The van der Waals surface area contributed by atoms with Crippen LogP contribution in [0.1, 0.15) is 12.8 Å². The van der Waals surface area contributed by atoms with Crippen molar-refractivity contribution in [2.24, 2.45) is 0 Å². The van der Waals surface area contributed by atoms with Crippen LogP contribution in [0, 0.1) is 5.82 Å². The lowest BCUT2D eigenvalue weighted by atomic mass is 10.2. The summed E-state index contributed by atoms with van der Waals surface area (Å²) < 4.78 is 38.2. The number of fused-ring (bicyclic) bond motifs is 2. The van der Waals surface area contributed by atoms with Gasteiger partial charge >= 0.3 is 0 Å². The summed E-state index contributed by atoms with van der Waals surface area (Å²) in [5.41, 5.74) is 2.33. The van der Waals surface area contributed by atoms with E-state index in [4.69, 9.17) is 18.6 Å². The number of imidazole rings is 1. The summed E-state index contributed by atoms with van der Waals surface area (Å²) in [6.07, 6.45) is 3.87. The van der Waals surface area contributed by atoms with Crippen LogP contribution < -0.4 is 19.1 Å². The number of nitrogens with zero attached hydrogens (tertiary/aromatic N) is 4. The van der Waals surface area contributed by atoms with Gasteiger partial charge in [-0.2, -0.15) is 0 Å². The number of aromatic nitrogens is 3. The molecule has 180 valence electrons. The lowest BCUT2D eigenvalue weighted by molar-refractivity contribution is 0.290. The fourth-order valence-electron chi connectivity index (χ4n) is 4.50. The number of anilines is 1. The molecule has 0 amide bonds. The molecule has 1 fully saturated rings. The highest BCUT2D eigenvalue weighted by molar-refractivity contribution is 7.18. The van der Waals surface area contributed by atoms with Gasteiger partial charge in [0.25, 0.3) is 5.19 Å². The first-order valence-corrected chi connectivity index (χ1v) is 12.1. The predicted molar refractivity (Wildman–Crippen MR) is 131 cm³/mol. The molecule has 1 saturated heterocycles. The Morgan fingerprint density at radius 3 is 2.77 bits per heavy atom. The monoisotopic (exact) mass is 494 g/mol. The van der Waals surface area contributed by atoms with E-state index >= 15 is 0 Å². The summed E-state index contributed by atoms with van der Waals surface area (Å²) in [5, 5.41) is 5.71. The maximum absolute atomic E-state index is 13.4. The van der Waals surface area contributed by atoms with Gasteiger partial charge in [0.1, 0.15) is 35.2 Å². The maximum atomic E-state index is 13.4. The molecule has 5 aromatic rings. The van der Waals surface area contributed by atoms with E-state index in [-0.39, 0.29) is 11.9 Å². The molecule has 0 saturated carbocycles. The fraction of sp³-hybridized carbons (Fsp3) is 0.280. The van der Waals surface area contributed by atoms with Crippen LogP contribution in [0.3, 0.4) is 0 Å². The number of hydrogen-bond donors (Lipinski definition) is 0. The molecule has 1 atom stereocenters. The topological polar surface area (TPSA) is 74.3 Å². The Morgan fingerprint density at radius 2 is 2.00 bits per heavy atom. The highest BCUT2D eigenvalue weighted by Gasteiger charge is 2.26. The van der Waals surface area contributed by atoms with Crippen molar-refractivity contribution in [3.63, 3.8) is 0 Å². The van der Waals surface area contributed by atoms with Crippen LogP contribution in [-0.2, 0) is 0 Å². The van der Waals surface area contributed by atoms with Gasteiger partial charge in [0.05, 0.1) is 31.8 Å². The quantitative estimate of drug-likeness (QED) is 0.300. The van der Waals surface area contributed by atoms with Crippen molar-refractivity contribution in [1.29, 1.82) is 0 Å². The van der Waals surface area contributed by atoms with Crippen LogP contribution in [0.25, 0.3) is 27.4 Å². The third kappa shape index (κ3) is 4.03. The second kappa shape index (κ2) is 8.77. The van der Waals surface area contributed by atoms with Gasteiger partial charge in [0, 0.05) is 24.4 Å². The number of hydrogen-bond acceptors (Lipinski definition) is 8. The first-order valence-electron chi connectivity index (χ1n) is 11.3. The third-order valence-corrected chi connectivity index (χ3v) is 7.11. The molecule has 0 aliphatic carbocycles. The highest BCUT2D eigenvalue weighted by Crippen LogP contribution is 2.38. The number of methoxy groups -OCH3 is 2. The first kappa shape index (κ1) is 21.7. The normalized spacial score (nSPS) is 15.9. The fourth-order valence-corrected chi connectivity index (χ4v) is 5.20. The van der Waals surface area contributed by atoms with Gasteiger partial charge in [0.15, 0.2) is 5.76 Å². The standard InChI is InChI=1S/C25H23FN4O4S/c1-31-18-10-21(33-14-17-4-3-9-29(17)16-7-5-15(26)6-8-16)19-12-23(34-22(19)11-18)20-13-30-24(27-20)35-25(28-30)32-2/h5-8,10-13,17H,3-4,9,14H2,1-2H3/t17-/m0/s1. The molecule has 35 heavy (non-hydrogen) atoms. The minimum atomic E-state index is -0.234. The lowest BCUT2D eigenvalue weighted by Crippen LogP contribution is -2.34. The Labute approximate surface area is 204 Å². The summed E-state index contributed by atoms with van der Waals surface area (Å²) >= 11 is 1.36.